The van der Waals surface area contributed by atoms with Gasteiger partial charge in [0, 0.05) is 33.0 Å². The van der Waals surface area contributed by atoms with E-state index in [0.717, 1.165) is 55.5 Å². The Balaban J connectivity index is 1.53. The Labute approximate surface area is 247 Å². The van der Waals surface area contributed by atoms with Gasteiger partial charge in [-0.05, 0) is 63.7 Å². The van der Waals surface area contributed by atoms with E-state index >= 15 is 0 Å². The topological polar surface area (TPSA) is 38.9 Å². The van der Waals surface area contributed by atoms with Crippen molar-refractivity contribution in [2.75, 3.05) is 0 Å². The number of benzene rings is 5. The molecular weight excluding hydrogens is 512 g/mol. The first-order chi connectivity index (χ1) is 20.3. The summed E-state index contributed by atoms with van der Waals surface area (Å²) in [6.07, 6.45) is 0. The maximum atomic E-state index is 6.68. The summed E-state index contributed by atoms with van der Waals surface area (Å²) in [5.74, 6) is 1.87. The normalized spacial score (nSPS) is 12.2. The third kappa shape index (κ3) is 4.27. The molecule has 0 N–H and O–H groups in total. The molecule has 0 spiro atoms. The minimum Gasteiger partial charge on any atom is -0.455 e. The lowest BCUT2D eigenvalue weighted by molar-refractivity contribution is 0.670. The van der Waals surface area contributed by atoms with E-state index in [-0.39, 0.29) is 5.92 Å². The molecule has 0 amide bonds. The molecule has 0 unspecified atom stereocenters. The van der Waals surface area contributed by atoms with Crippen LogP contribution in [0.5, 0.6) is 0 Å². The number of hydrogen-bond acceptors (Lipinski definition) is 3. The first-order valence-electron chi connectivity index (χ1n) is 15.1. The summed E-state index contributed by atoms with van der Waals surface area (Å²) in [6, 6.07) is 32.6. The Hall–Kier alpha value is -4.50. The Morgan fingerprint density at radius 1 is 0.595 bits per heavy atom. The van der Waals surface area contributed by atoms with Crippen LogP contribution in [-0.4, -0.2) is 9.97 Å². The predicted molar refractivity (Wildman–Crippen MR) is 177 cm³/mol. The summed E-state index contributed by atoms with van der Waals surface area (Å²) < 4.78 is 6.68. The Kier molecular flexibility index (Phi) is 6.35. The highest BCUT2D eigenvalue weighted by Gasteiger charge is 2.21. The van der Waals surface area contributed by atoms with Crippen molar-refractivity contribution in [2.24, 2.45) is 0 Å². The van der Waals surface area contributed by atoms with Crippen molar-refractivity contribution < 1.29 is 4.42 Å². The van der Waals surface area contributed by atoms with Gasteiger partial charge in [-0.2, -0.15) is 0 Å². The van der Waals surface area contributed by atoms with Crippen molar-refractivity contribution in [2.45, 2.75) is 59.3 Å². The van der Waals surface area contributed by atoms with Crippen LogP contribution in [-0.2, 0) is 0 Å². The highest BCUT2D eigenvalue weighted by atomic mass is 16.3. The van der Waals surface area contributed by atoms with Gasteiger partial charge in [-0.15, -0.1) is 0 Å². The molecule has 0 radical (unpaired) electrons. The maximum absolute atomic E-state index is 6.68. The van der Waals surface area contributed by atoms with Crippen LogP contribution in [0.4, 0.5) is 0 Å². The van der Waals surface area contributed by atoms with Gasteiger partial charge in [-0.3, -0.25) is 0 Å². The molecule has 3 nitrogen and oxygen atoms in total. The largest absolute Gasteiger partial charge is 0.455 e. The number of nitrogens with zero attached hydrogens (tertiary/aromatic N) is 2. The third-order valence-electron chi connectivity index (χ3n) is 8.52. The van der Waals surface area contributed by atoms with Gasteiger partial charge < -0.3 is 4.42 Å². The molecule has 0 fully saturated rings. The second-order valence-electron chi connectivity index (χ2n) is 12.4. The molecule has 0 aliphatic rings. The highest BCUT2D eigenvalue weighted by molar-refractivity contribution is 6.15. The van der Waals surface area contributed by atoms with Gasteiger partial charge >= 0.3 is 0 Å². The molecule has 5 aromatic carbocycles. The molecular formula is C39H36N2O. The van der Waals surface area contributed by atoms with E-state index in [9.17, 15) is 0 Å². The van der Waals surface area contributed by atoms with Gasteiger partial charge in [-0.1, -0.05) is 108 Å². The van der Waals surface area contributed by atoms with Crippen LogP contribution in [0, 0.1) is 0 Å². The zero-order valence-electron chi connectivity index (χ0n) is 25.2. The molecule has 7 aromatic rings. The minimum atomic E-state index is 0.184. The Morgan fingerprint density at radius 3 is 2.12 bits per heavy atom. The van der Waals surface area contributed by atoms with Crippen LogP contribution in [0.2, 0.25) is 0 Å². The molecule has 0 aliphatic carbocycles. The molecule has 0 saturated heterocycles. The van der Waals surface area contributed by atoms with Gasteiger partial charge in [-0.25, -0.2) is 9.97 Å². The van der Waals surface area contributed by atoms with Crippen molar-refractivity contribution in [3.63, 3.8) is 0 Å². The van der Waals surface area contributed by atoms with E-state index in [4.69, 9.17) is 14.4 Å². The monoisotopic (exact) mass is 548 g/mol. The van der Waals surface area contributed by atoms with Crippen LogP contribution in [0.3, 0.4) is 0 Å². The molecule has 0 bridgehead atoms. The number of para-hydroxylation sites is 1. The minimum absolute atomic E-state index is 0.184. The fraction of sp³-hybridized carbons (Fsp3) is 0.231. The summed E-state index contributed by atoms with van der Waals surface area (Å²) in [5, 5.41) is 5.76. The number of fused-ring (bicyclic) bond motifs is 6. The second kappa shape index (κ2) is 10.1. The molecule has 3 heteroatoms. The van der Waals surface area contributed by atoms with Crippen LogP contribution in [0.25, 0.3) is 66.0 Å². The maximum Gasteiger partial charge on any atom is 0.144 e. The zero-order chi connectivity index (χ0) is 29.1. The SMILES string of the molecule is CC(C)c1cc(C(C)C)c2c(ccc3c(-c4cccc5c4oc4cc(-c6ccccc6)ccc45)nc(C(C)C)nc32)c1. The van der Waals surface area contributed by atoms with E-state index in [2.05, 4.69) is 126 Å². The smallest absolute Gasteiger partial charge is 0.144 e. The van der Waals surface area contributed by atoms with Crippen molar-refractivity contribution in [1.82, 2.24) is 9.97 Å². The van der Waals surface area contributed by atoms with Crippen molar-refractivity contribution in [3.05, 3.63) is 108 Å². The quantitative estimate of drug-likeness (QED) is 0.201. The molecule has 0 atom stereocenters. The number of rotatable bonds is 5. The van der Waals surface area contributed by atoms with Crippen LogP contribution >= 0.6 is 0 Å². The van der Waals surface area contributed by atoms with Gasteiger partial charge in [0.25, 0.3) is 0 Å². The predicted octanol–water partition coefficient (Wildman–Crippen LogP) is 11.4. The lowest BCUT2D eigenvalue weighted by Crippen LogP contribution is -2.03. The third-order valence-corrected chi connectivity index (χ3v) is 8.52. The molecule has 2 heterocycles. The van der Waals surface area contributed by atoms with Crippen LogP contribution in [0.1, 0.15) is 76.2 Å². The van der Waals surface area contributed by atoms with E-state index in [0.29, 0.717) is 11.8 Å². The van der Waals surface area contributed by atoms with Gasteiger partial charge in [0.15, 0.2) is 0 Å². The fourth-order valence-electron chi connectivity index (χ4n) is 6.17. The molecule has 0 saturated carbocycles. The second-order valence-corrected chi connectivity index (χ2v) is 12.4. The Morgan fingerprint density at radius 2 is 1.38 bits per heavy atom. The molecule has 208 valence electrons. The number of hydrogen-bond donors (Lipinski definition) is 0. The lowest BCUT2D eigenvalue weighted by atomic mass is 9.88. The molecule has 0 aliphatic heterocycles. The van der Waals surface area contributed by atoms with Crippen molar-refractivity contribution in [3.8, 4) is 22.4 Å². The fourth-order valence-corrected chi connectivity index (χ4v) is 6.17. The average Bonchev–Trinajstić information content (AvgIpc) is 3.38. The summed E-state index contributed by atoms with van der Waals surface area (Å²) in [4.78, 5) is 10.4. The number of aromatic nitrogens is 2. The van der Waals surface area contributed by atoms with E-state index in [1.165, 1.54) is 27.5 Å². The lowest BCUT2D eigenvalue weighted by Gasteiger charge is -2.18. The molecule has 7 rings (SSSR count). The Bertz CT molecular complexity index is 2120. The highest BCUT2D eigenvalue weighted by Crippen LogP contribution is 2.41. The average molecular weight is 549 g/mol. The van der Waals surface area contributed by atoms with Crippen molar-refractivity contribution >= 4 is 43.6 Å². The van der Waals surface area contributed by atoms with Gasteiger partial charge in [0.05, 0.1) is 11.2 Å². The zero-order valence-corrected chi connectivity index (χ0v) is 25.2. The number of furan rings is 1. The van der Waals surface area contributed by atoms with Crippen LogP contribution < -0.4 is 0 Å². The molecule has 2 aromatic heterocycles. The van der Waals surface area contributed by atoms with Crippen LogP contribution in [0.15, 0.2) is 95.4 Å². The van der Waals surface area contributed by atoms with E-state index in [1.807, 2.05) is 6.07 Å². The van der Waals surface area contributed by atoms with E-state index < -0.39 is 0 Å². The summed E-state index contributed by atoms with van der Waals surface area (Å²) in [6.45, 7) is 13.4. The van der Waals surface area contributed by atoms with Gasteiger partial charge in [0.2, 0.25) is 0 Å². The first kappa shape index (κ1) is 26.4. The molecule has 42 heavy (non-hydrogen) atoms. The summed E-state index contributed by atoms with van der Waals surface area (Å²) in [7, 11) is 0. The van der Waals surface area contributed by atoms with Gasteiger partial charge in [0.1, 0.15) is 17.0 Å². The standard InChI is InChI=1S/C39H36N2O/c1-22(2)28-19-27-16-18-31-36(40-39(24(5)6)41-37(31)35(27)33(20-28)23(3)4)32-14-10-13-30-29-17-15-26(21-34(29)42-38(30)32)25-11-8-7-9-12-25/h7-24H,1-6H3. The first-order valence-corrected chi connectivity index (χ1v) is 15.1. The summed E-state index contributed by atoms with van der Waals surface area (Å²) >= 11 is 0. The van der Waals surface area contributed by atoms with Crippen molar-refractivity contribution in [1.29, 1.82) is 0 Å². The summed E-state index contributed by atoms with van der Waals surface area (Å²) in [5.41, 5.74) is 9.75. The van der Waals surface area contributed by atoms with E-state index in [1.54, 1.807) is 0 Å².